The first-order valence-electron chi connectivity index (χ1n) is 15.5. The molecule has 2 heterocycles. The number of ether oxygens (including phenoxy) is 1. The highest BCUT2D eigenvalue weighted by Gasteiger charge is 2.39. The molecule has 2 rings (SSSR count). The largest absolute Gasteiger partial charge is 0.385 e. The molecule has 41 heavy (non-hydrogen) atoms. The van der Waals surface area contributed by atoms with Crippen molar-refractivity contribution in [3.8, 4) is 0 Å². The zero-order valence-corrected chi connectivity index (χ0v) is 27.0. The fourth-order valence-corrected chi connectivity index (χ4v) is 5.66. The van der Waals surface area contributed by atoms with Crippen LogP contribution in [-0.2, 0) is 14.3 Å². The van der Waals surface area contributed by atoms with Gasteiger partial charge in [-0.2, -0.15) is 0 Å². The van der Waals surface area contributed by atoms with Crippen molar-refractivity contribution in [3.63, 3.8) is 0 Å². The number of aliphatic hydroxyl groups is 1. The minimum atomic E-state index is -0.798. The summed E-state index contributed by atoms with van der Waals surface area (Å²) in [5.74, 6) is 0.0541. The monoisotopic (exact) mass is 581 g/mol. The van der Waals surface area contributed by atoms with Crippen molar-refractivity contribution in [2.45, 2.75) is 72.8 Å². The number of nitrogens with zero attached hydrogens (tertiary/aromatic N) is 4. The third-order valence-electron chi connectivity index (χ3n) is 7.87. The van der Waals surface area contributed by atoms with Crippen molar-refractivity contribution in [3.05, 3.63) is 0 Å². The van der Waals surface area contributed by atoms with E-state index in [-0.39, 0.29) is 41.3 Å². The zero-order valence-electron chi connectivity index (χ0n) is 27.0. The fourth-order valence-electron chi connectivity index (χ4n) is 5.66. The second-order valence-electron chi connectivity index (χ2n) is 13.3. The van der Waals surface area contributed by atoms with Crippen LogP contribution in [0.4, 0.5) is 0 Å². The first kappa shape index (κ1) is 35.6. The number of hydrogen-bond acceptors (Lipinski definition) is 9. The zero-order chi connectivity index (χ0) is 30.6. The van der Waals surface area contributed by atoms with Gasteiger partial charge in [-0.3, -0.25) is 19.5 Å². The van der Waals surface area contributed by atoms with Gasteiger partial charge >= 0.3 is 0 Å². The number of piperazine rings is 1. The van der Waals surface area contributed by atoms with Crippen LogP contribution in [0, 0.1) is 23.2 Å². The number of piperidine rings is 1. The molecular weight excluding hydrogens is 522 g/mol. The highest BCUT2D eigenvalue weighted by molar-refractivity contribution is 5.80. The summed E-state index contributed by atoms with van der Waals surface area (Å²) < 4.78 is 5.22. The summed E-state index contributed by atoms with van der Waals surface area (Å²) in [7, 11) is 3.61. The summed E-state index contributed by atoms with van der Waals surface area (Å²) in [5, 5.41) is 22.4. The second-order valence-corrected chi connectivity index (χ2v) is 13.3. The van der Waals surface area contributed by atoms with Gasteiger partial charge in [-0.05, 0) is 37.8 Å². The van der Waals surface area contributed by atoms with E-state index in [0.29, 0.717) is 71.3 Å². The van der Waals surface area contributed by atoms with E-state index >= 15 is 0 Å². The van der Waals surface area contributed by atoms with Gasteiger partial charge in [0.15, 0.2) is 0 Å². The average Bonchev–Trinajstić information content (AvgIpc) is 2.93. The maximum Gasteiger partial charge on any atom is 0.227 e. The third-order valence-corrected chi connectivity index (χ3v) is 7.87. The molecule has 2 aliphatic heterocycles. The van der Waals surface area contributed by atoms with E-state index in [4.69, 9.17) is 9.73 Å². The Morgan fingerprint density at radius 3 is 2.39 bits per heavy atom. The molecule has 5 atom stereocenters. The molecule has 0 aromatic carbocycles. The minimum Gasteiger partial charge on any atom is -0.385 e. The molecule has 2 aliphatic rings. The summed E-state index contributed by atoms with van der Waals surface area (Å²) in [6.07, 6.45) is 2.48. The van der Waals surface area contributed by atoms with E-state index < -0.39 is 6.23 Å². The normalized spacial score (nSPS) is 22.9. The Labute approximate surface area is 248 Å². The molecule has 2 amide bonds. The van der Waals surface area contributed by atoms with Crippen LogP contribution in [0.5, 0.6) is 0 Å². The van der Waals surface area contributed by atoms with Crippen LogP contribution < -0.4 is 16.0 Å². The molecule has 0 aromatic heterocycles. The average molecular weight is 582 g/mol. The lowest BCUT2D eigenvalue weighted by Crippen LogP contribution is -2.61. The van der Waals surface area contributed by atoms with Crippen LogP contribution in [0.2, 0.25) is 0 Å². The lowest BCUT2D eigenvalue weighted by molar-refractivity contribution is -0.143. The number of rotatable bonds is 15. The summed E-state index contributed by atoms with van der Waals surface area (Å²) in [4.78, 5) is 35.9. The molecule has 2 saturated heterocycles. The van der Waals surface area contributed by atoms with Crippen LogP contribution >= 0.6 is 0 Å². The van der Waals surface area contributed by atoms with E-state index in [1.807, 2.05) is 18.2 Å². The minimum absolute atomic E-state index is 0.00174. The summed E-state index contributed by atoms with van der Waals surface area (Å²) in [6.45, 7) is 18.8. The number of amides is 2. The second kappa shape index (κ2) is 17.5. The van der Waals surface area contributed by atoms with Crippen LogP contribution in [0.25, 0.3) is 0 Å². The smallest absolute Gasteiger partial charge is 0.227 e. The Hall–Kier alpha value is -1.63. The van der Waals surface area contributed by atoms with Crippen LogP contribution in [-0.4, -0.2) is 136 Å². The van der Waals surface area contributed by atoms with Gasteiger partial charge in [0.05, 0.1) is 18.0 Å². The molecule has 238 valence electrons. The van der Waals surface area contributed by atoms with Gasteiger partial charge in [-0.25, -0.2) is 0 Å². The van der Waals surface area contributed by atoms with E-state index in [2.05, 4.69) is 55.5 Å². The predicted octanol–water partition coefficient (Wildman–Crippen LogP) is 0.836. The van der Waals surface area contributed by atoms with Gasteiger partial charge in [0, 0.05) is 85.3 Å². The van der Waals surface area contributed by atoms with E-state index in [9.17, 15) is 14.7 Å². The number of aliphatic hydroxyl groups excluding tert-OH is 1. The SMILES string of the molecule is CNC(NCCCOC)C(/C=N\CC(C)(C)C)C(O)N(CC(C)C)[C@@H]1CNC[C@H](C(=O)N2CCN(C(C)=O)CC2)C1. The van der Waals surface area contributed by atoms with Gasteiger partial charge in [0.2, 0.25) is 11.8 Å². The fraction of sp³-hybridized carbons (Fsp3) is 0.900. The predicted molar refractivity (Wildman–Crippen MR) is 165 cm³/mol. The van der Waals surface area contributed by atoms with Crippen LogP contribution in [0.1, 0.15) is 54.4 Å². The van der Waals surface area contributed by atoms with Gasteiger partial charge in [0.1, 0.15) is 6.23 Å². The Balaban J connectivity index is 2.22. The maximum absolute atomic E-state index is 13.5. The highest BCUT2D eigenvalue weighted by atomic mass is 16.5. The van der Waals surface area contributed by atoms with Gasteiger partial charge in [-0.1, -0.05) is 34.6 Å². The number of methoxy groups -OCH3 is 1. The molecule has 0 bridgehead atoms. The topological polar surface area (TPSA) is 122 Å². The third kappa shape index (κ3) is 11.9. The molecule has 4 N–H and O–H groups in total. The molecule has 3 unspecified atom stereocenters. The Morgan fingerprint density at radius 2 is 1.83 bits per heavy atom. The number of carbonyl (C=O) groups excluding carboxylic acids is 2. The van der Waals surface area contributed by atoms with Crippen LogP contribution in [0.3, 0.4) is 0 Å². The molecule has 11 heteroatoms. The van der Waals surface area contributed by atoms with Crippen molar-refractivity contribution >= 4 is 18.0 Å². The standard InChI is InChI=1S/C30H59N7O4/c1-22(2)20-37(25-16-24(17-32-18-25)28(39)36-13-11-35(12-14-36)23(3)38)29(40)26(19-33-21-30(4,5)6)27(31-7)34-10-9-15-41-8/h19,22,24-27,29,31-32,34,40H,9-18,20-21H2,1-8H3/b33-19-/t24-,25+,26?,27?,29?/m1/s1. The summed E-state index contributed by atoms with van der Waals surface area (Å²) >= 11 is 0. The van der Waals surface area contributed by atoms with Crippen LogP contribution in [0.15, 0.2) is 4.99 Å². The van der Waals surface area contributed by atoms with Crippen molar-refractivity contribution in [2.75, 3.05) is 79.7 Å². The van der Waals surface area contributed by atoms with E-state index in [0.717, 1.165) is 13.0 Å². The van der Waals surface area contributed by atoms with Gasteiger partial charge < -0.3 is 35.6 Å². The molecule has 11 nitrogen and oxygen atoms in total. The molecule has 2 fully saturated rings. The molecule has 0 saturated carbocycles. The molecule has 0 radical (unpaired) electrons. The molecular formula is C30H59N7O4. The number of aliphatic imine (C=N–C) groups is 1. The highest BCUT2D eigenvalue weighted by Crippen LogP contribution is 2.25. The Kier molecular flexibility index (Phi) is 15.2. The van der Waals surface area contributed by atoms with Gasteiger partial charge in [-0.15, -0.1) is 0 Å². The van der Waals surface area contributed by atoms with Crippen molar-refractivity contribution < 1.29 is 19.4 Å². The van der Waals surface area contributed by atoms with Crippen molar-refractivity contribution in [1.82, 2.24) is 30.7 Å². The summed E-state index contributed by atoms with van der Waals surface area (Å²) in [5.41, 5.74) is 0.0431. The quantitative estimate of drug-likeness (QED) is 0.128. The van der Waals surface area contributed by atoms with E-state index in [1.165, 1.54) is 0 Å². The Bertz CT molecular complexity index is 811. The molecule has 0 aromatic rings. The number of hydrogen-bond donors (Lipinski definition) is 4. The molecule has 0 aliphatic carbocycles. The van der Waals surface area contributed by atoms with Crippen molar-refractivity contribution in [1.29, 1.82) is 0 Å². The van der Waals surface area contributed by atoms with Crippen molar-refractivity contribution in [2.24, 2.45) is 28.2 Å². The Morgan fingerprint density at radius 1 is 1.17 bits per heavy atom. The lowest BCUT2D eigenvalue weighted by atomic mass is 9.91. The first-order valence-corrected chi connectivity index (χ1v) is 15.5. The number of carbonyl (C=O) groups is 2. The lowest BCUT2D eigenvalue weighted by Gasteiger charge is -2.45. The van der Waals surface area contributed by atoms with Gasteiger partial charge in [0.25, 0.3) is 0 Å². The molecule has 0 spiro atoms. The first-order chi connectivity index (χ1) is 19.4. The maximum atomic E-state index is 13.5. The number of nitrogens with one attached hydrogen (secondary N) is 3. The summed E-state index contributed by atoms with van der Waals surface area (Å²) in [6, 6.07) is -0.00174. The van der Waals surface area contributed by atoms with E-state index in [1.54, 1.807) is 18.9 Å².